The molecule has 0 fully saturated rings. The van der Waals surface area contributed by atoms with Crippen molar-refractivity contribution >= 4 is 38.9 Å². The van der Waals surface area contributed by atoms with E-state index in [0.29, 0.717) is 22.7 Å². The number of hydrogen-bond donors (Lipinski definition) is 1. The van der Waals surface area contributed by atoms with Gasteiger partial charge in [-0.2, -0.15) is 0 Å². The standard InChI is InChI=1S/C19H23ClN2O3S/c1-14-9-11-16(12-10-14)21-19(23)8-5-13-22(26(3,24)25)18-7-4-6-17(20)15(18)2/h4,6-7,9-12H,5,8,13H2,1-3H3,(H,21,23). The summed E-state index contributed by atoms with van der Waals surface area (Å²) in [7, 11) is -3.48. The molecule has 0 aliphatic heterocycles. The number of aryl methyl sites for hydroxylation is 1. The van der Waals surface area contributed by atoms with Crippen LogP contribution >= 0.6 is 11.6 Å². The van der Waals surface area contributed by atoms with Crippen LogP contribution < -0.4 is 9.62 Å². The highest BCUT2D eigenvalue weighted by Crippen LogP contribution is 2.28. The Morgan fingerprint density at radius 3 is 2.38 bits per heavy atom. The van der Waals surface area contributed by atoms with Crippen molar-refractivity contribution < 1.29 is 13.2 Å². The van der Waals surface area contributed by atoms with E-state index in [1.807, 2.05) is 31.2 Å². The number of nitrogens with zero attached hydrogens (tertiary/aromatic N) is 1. The van der Waals surface area contributed by atoms with Gasteiger partial charge in [0.15, 0.2) is 0 Å². The van der Waals surface area contributed by atoms with Gasteiger partial charge in [-0.3, -0.25) is 9.10 Å². The summed E-state index contributed by atoms with van der Waals surface area (Å²) in [5.41, 5.74) is 3.08. The lowest BCUT2D eigenvalue weighted by molar-refractivity contribution is -0.116. The normalized spacial score (nSPS) is 11.2. The van der Waals surface area contributed by atoms with Gasteiger partial charge in [-0.25, -0.2) is 8.42 Å². The molecular formula is C19H23ClN2O3S. The van der Waals surface area contributed by atoms with E-state index in [1.54, 1.807) is 25.1 Å². The summed E-state index contributed by atoms with van der Waals surface area (Å²) in [6.45, 7) is 3.96. The topological polar surface area (TPSA) is 66.5 Å². The van der Waals surface area contributed by atoms with Crippen LogP contribution in [0.2, 0.25) is 5.02 Å². The average Bonchev–Trinajstić information content (AvgIpc) is 2.56. The Kier molecular flexibility index (Phi) is 6.67. The largest absolute Gasteiger partial charge is 0.326 e. The molecule has 1 N–H and O–H groups in total. The SMILES string of the molecule is Cc1ccc(NC(=O)CCCN(c2cccc(Cl)c2C)S(C)(=O)=O)cc1. The highest BCUT2D eigenvalue weighted by molar-refractivity contribution is 7.92. The van der Waals surface area contributed by atoms with Crippen LogP contribution in [0, 0.1) is 13.8 Å². The molecule has 0 atom stereocenters. The zero-order chi connectivity index (χ0) is 19.3. The number of rotatable bonds is 7. The lowest BCUT2D eigenvalue weighted by Crippen LogP contribution is -2.32. The van der Waals surface area contributed by atoms with Gasteiger partial charge >= 0.3 is 0 Å². The molecule has 2 aromatic rings. The Labute approximate surface area is 160 Å². The van der Waals surface area contributed by atoms with E-state index < -0.39 is 10.0 Å². The van der Waals surface area contributed by atoms with Crippen molar-refractivity contribution in [3.8, 4) is 0 Å². The fraction of sp³-hybridized carbons (Fsp3) is 0.316. The zero-order valence-electron chi connectivity index (χ0n) is 15.1. The van der Waals surface area contributed by atoms with Crippen molar-refractivity contribution in [2.45, 2.75) is 26.7 Å². The summed E-state index contributed by atoms with van der Waals surface area (Å²) in [5.74, 6) is -0.148. The quantitative estimate of drug-likeness (QED) is 0.767. The summed E-state index contributed by atoms with van der Waals surface area (Å²) in [6.07, 6.45) is 1.77. The first-order valence-corrected chi connectivity index (χ1v) is 10.5. The summed E-state index contributed by atoms with van der Waals surface area (Å²) in [4.78, 5) is 12.1. The highest BCUT2D eigenvalue weighted by Gasteiger charge is 2.20. The number of carbonyl (C=O) groups is 1. The maximum Gasteiger partial charge on any atom is 0.232 e. The molecule has 0 aromatic heterocycles. The summed E-state index contributed by atoms with van der Waals surface area (Å²) in [5, 5.41) is 3.32. The lowest BCUT2D eigenvalue weighted by Gasteiger charge is -2.24. The summed E-state index contributed by atoms with van der Waals surface area (Å²) < 4.78 is 25.7. The predicted octanol–water partition coefficient (Wildman–Crippen LogP) is 4.14. The lowest BCUT2D eigenvalue weighted by atomic mass is 10.2. The molecule has 0 aliphatic rings. The van der Waals surface area contributed by atoms with Crippen LogP contribution in [0.25, 0.3) is 0 Å². The molecule has 0 saturated carbocycles. The van der Waals surface area contributed by atoms with Gasteiger partial charge in [0.1, 0.15) is 0 Å². The fourth-order valence-electron chi connectivity index (χ4n) is 2.57. The van der Waals surface area contributed by atoms with E-state index in [4.69, 9.17) is 11.6 Å². The van der Waals surface area contributed by atoms with Crippen molar-refractivity contribution in [3.63, 3.8) is 0 Å². The van der Waals surface area contributed by atoms with E-state index in [2.05, 4.69) is 5.32 Å². The van der Waals surface area contributed by atoms with Crippen LogP contribution in [-0.2, 0) is 14.8 Å². The van der Waals surface area contributed by atoms with Crippen LogP contribution in [0.4, 0.5) is 11.4 Å². The Morgan fingerprint density at radius 2 is 1.77 bits per heavy atom. The van der Waals surface area contributed by atoms with Crippen molar-refractivity contribution in [1.82, 2.24) is 0 Å². The molecule has 0 unspecified atom stereocenters. The molecule has 26 heavy (non-hydrogen) atoms. The van der Waals surface area contributed by atoms with E-state index >= 15 is 0 Å². The Morgan fingerprint density at radius 1 is 1.12 bits per heavy atom. The van der Waals surface area contributed by atoms with E-state index in [9.17, 15) is 13.2 Å². The summed E-state index contributed by atoms with van der Waals surface area (Å²) >= 11 is 6.11. The Bertz CT molecular complexity index is 880. The third-order valence-corrected chi connectivity index (χ3v) is 5.60. The molecule has 0 spiro atoms. The molecular weight excluding hydrogens is 372 g/mol. The Hall–Kier alpha value is -2.05. The van der Waals surface area contributed by atoms with Crippen LogP contribution in [0.5, 0.6) is 0 Å². The van der Waals surface area contributed by atoms with Gasteiger partial charge in [-0.1, -0.05) is 35.4 Å². The zero-order valence-corrected chi connectivity index (χ0v) is 16.7. The second-order valence-electron chi connectivity index (χ2n) is 6.24. The second kappa shape index (κ2) is 8.56. The predicted molar refractivity (Wildman–Crippen MR) is 107 cm³/mol. The smallest absolute Gasteiger partial charge is 0.232 e. The molecule has 0 bridgehead atoms. The van der Waals surface area contributed by atoms with Crippen LogP contribution in [-0.4, -0.2) is 27.1 Å². The summed E-state index contributed by atoms with van der Waals surface area (Å²) in [6, 6.07) is 12.7. The van der Waals surface area contributed by atoms with Gasteiger partial charge in [0, 0.05) is 23.7 Å². The van der Waals surface area contributed by atoms with Gasteiger partial charge in [0.2, 0.25) is 15.9 Å². The first-order valence-electron chi connectivity index (χ1n) is 8.28. The van der Waals surface area contributed by atoms with Gasteiger partial charge in [0.05, 0.1) is 11.9 Å². The molecule has 1 amide bonds. The van der Waals surface area contributed by atoms with Gasteiger partial charge in [-0.15, -0.1) is 0 Å². The number of amides is 1. The minimum atomic E-state index is -3.48. The van der Waals surface area contributed by atoms with Crippen molar-refractivity contribution in [2.24, 2.45) is 0 Å². The molecule has 0 heterocycles. The van der Waals surface area contributed by atoms with Crippen molar-refractivity contribution in [3.05, 3.63) is 58.6 Å². The van der Waals surface area contributed by atoms with E-state index in [-0.39, 0.29) is 18.9 Å². The minimum Gasteiger partial charge on any atom is -0.326 e. The molecule has 0 aliphatic carbocycles. The number of halogens is 1. The van der Waals surface area contributed by atoms with Gasteiger partial charge < -0.3 is 5.32 Å². The second-order valence-corrected chi connectivity index (χ2v) is 8.55. The molecule has 140 valence electrons. The molecule has 7 heteroatoms. The molecule has 0 radical (unpaired) electrons. The monoisotopic (exact) mass is 394 g/mol. The van der Waals surface area contributed by atoms with Gasteiger partial charge in [0.25, 0.3) is 0 Å². The fourth-order valence-corrected chi connectivity index (χ4v) is 3.76. The first kappa shape index (κ1) is 20.3. The number of nitrogens with one attached hydrogen (secondary N) is 1. The van der Waals surface area contributed by atoms with Crippen LogP contribution in [0.15, 0.2) is 42.5 Å². The molecule has 5 nitrogen and oxygen atoms in total. The number of sulfonamides is 1. The number of hydrogen-bond acceptors (Lipinski definition) is 3. The van der Waals surface area contributed by atoms with Crippen molar-refractivity contribution in [2.75, 3.05) is 22.4 Å². The van der Waals surface area contributed by atoms with E-state index in [0.717, 1.165) is 17.5 Å². The molecule has 0 saturated heterocycles. The third kappa shape index (κ3) is 5.47. The van der Waals surface area contributed by atoms with E-state index in [1.165, 1.54) is 4.31 Å². The number of benzene rings is 2. The number of anilines is 2. The molecule has 2 rings (SSSR count). The van der Waals surface area contributed by atoms with Crippen LogP contribution in [0.1, 0.15) is 24.0 Å². The van der Waals surface area contributed by atoms with Crippen LogP contribution in [0.3, 0.4) is 0 Å². The molecule has 2 aromatic carbocycles. The first-order chi connectivity index (χ1) is 12.2. The maximum atomic E-state index is 12.2. The average molecular weight is 395 g/mol. The Balaban J connectivity index is 2.01. The highest BCUT2D eigenvalue weighted by atomic mass is 35.5. The maximum absolute atomic E-state index is 12.2. The number of carbonyl (C=O) groups excluding carboxylic acids is 1. The van der Waals surface area contributed by atoms with Gasteiger partial charge in [-0.05, 0) is 50.1 Å². The van der Waals surface area contributed by atoms with Crippen molar-refractivity contribution in [1.29, 1.82) is 0 Å². The third-order valence-electron chi connectivity index (χ3n) is 4.01. The minimum absolute atomic E-state index is 0.148.